The Morgan fingerprint density at radius 1 is 0.885 bits per heavy atom. The monoisotopic (exact) mass is 386 g/mol. The summed E-state index contributed by atoms with van der Waals surface area (Å²) in [5.41, 5.74) is 0.532. The fraction of sp³-hybridized carbons (Fsp3) is 0.150. The first-order valence-corrected chi connectivity index (χ1v) is 8.82. The lowest BCUT2D eigenvalue weighted by atomic mass is 10.1. The van der Waals surface area contributed by atoms with Crippen molar-refractivity contribution in [2.75, 3.05) is 0 Å². The lowest BCUT2D eigenvalue weighted by molar-refractivity contribution is 0.103. The van der Waals surface area contributed by atoms with Crippen LogP contribution in [0.4, 0.5) is 0 Å². The summed E-state index contributed by atoms with van der Waals surface area (Å²) in [5.74, 6) is 1.57. The second kappa shape index (κ2) is 7.85. The maximum absolute atomic E-state index is 12.7. The number of para-hydroxylation sites is 1. The quantitative estimate of drug-likeness (QED) is 0.402. The predicted molar refractivity (Wildman–Crippen MR) is 103 cm³/mol. The molecule has 0 aliphatic heterocycles. The molecule has 3 rings (SSSR count). The Kier molecular flexibility index (Phi) is 5.55. The van der Waals surface area contributed by atoms with Crippen LogP contribution in [-0.2, 0) is 0 Å². The predicted octanol–water partition coefficient (Wildman–Crippen LogP) is 5.93. The highest BCUT2D eigenvalue weighted by molar-refractivity contribution is 6.39. The minimum Gasteiger partial charge on any atom is -0.457 e. The van der Waals surface area contributed by atoms with Crippen LogP contribution in [0.15, 0.2) is 54.6 Å². The Balaban J connectivity index is 1.84. The summed E-state index contributed by atoms with van der Waals surface area (Å²) in [6.07, 6.45) is 0. The molecule has 0 N–H and O–H groups in total. The molecule has 3 aromatic rings. The number of aromatic nitrogens is 2. The summed E-state index contributed by atoms with van der Waals surface area (Å²) < 4.78 is 5.72. The number of ether oxygens (including phenoxy) is 1. The van der Waals surface area contributed by atoms with Gasteiger partial charge in [0.05, 0.1) is 5.56 Å². The van der Waals surface area contributed by atoms with Crippen molar-refractivity contribution in [2.24, 2.45) is 0 Å². The maximum Gasteiger partial charge on any atom is 0.199 e. The Labute approximate surface area is 161 Å². The third-order valence-corrected chi connectivity index (χ3v) is 4.22. The lowest BCUT2D eigenvalue weighted by Crippen LogP contribution is -2.09. The first-order valence-electron chi connectivity index (χ1n) is 8.06. The summed E-state index contributed by atoms with van der Waals surface area (Å²) in [6, 6.07) is 16.1. The number of halogens is 2. The third kappa shape index (κ3) is 4.03. The molecule has 0 saturated carbocycles. The number of hydrogen-bond acceptors (Lipinski definition) is 4. The van der Waals surface area contributed by atoms with Crippen LogP contribution < -0.4 is 4.74 Å². The fourth-order valence-electron chi connectivity index (χ4n) is 2.31. The van der Waals surface area contributed by atoms with Crippen molar-refractivity contribution in [3.8, 4) is 11.5 Å². The van der Waals surface area contributed by atoms with E-state index >= 15 is 0 Å². The molecule has 0 saturated heterocycles. The van der Waals surface area contributed by atoms with Gasteiger partial charge in [0.1, 0.15) is 27.6 Å². The highest BCUT2D eigenvalue weighted by atomic mass is 35.5. The summed E-state index contributed by atoms with van der Waals surface area (Å²) in [6.45, 7) is 3.85. The average molecular weight is 387 g/mol. The van der Waals surface area contributed by atoms with Crippen LogP contribution >= 0.6 is 23.2 Å². The number of hydrogen-bond donors (Lipinski definition) is 0. The van der Waals surface area contributed by atoms with Crippen molar-refractivity contribution in [2.45, 2.75) is 19.8 Å². The second-order valence-corrected chi connectivity index (χ2v) is 6.68. The smallest absolute Gasteiger partial charge is 0.199 e. The van der Waals surface area contributed by atoms with Crippen molar-refractivity contribution in [3.63, 3.8) is 0 Å². The second-order valence-electron chi connectivity index (χ2n) is 5.96. The SMILES string of the molecule is CC(C)c1nc(Cl)c(C(=O)c2ccc(Oc3ccccc3)cc2)c(Cl)n1. The third-order valence-electron chi connectivity index (χ3n) is 3.68. The molecule has 4 nitrogen and oxygen atoms in total. The molecule has 0 fully saturated rings. The van der Waals surface area contributed by atoms with E-state index in [1.54, 1.807) is 24.3 Å². The number of benzene rings is 2. The van der Waals surface area contributed by atoms with E-state index in [-0.39, 0.29) is 27.6 Å². The average Bonchev–Trinajstić information content (AvgIpc) is 2.62. The standard InChI is InChI=1S/C20H16Cl2N2O2/c1-12(2)20-23-18(21)16(19(22)24-20)17(25)13-8-10-15(11-9-13)26-14-6-4-3-5-7-14/h3-12H,1-2H3. The van der Waals surface area contributed by atoms with Gasteiger partial charge in [-0.1, -0.05) is 55.2 Å². The summed E-state index contributed by atoms with van der Waals surface area (Å²) in [7, 11) is 0. The van der Waals surface area contributed by atoms with E-state index in [1.165, 1.54) is 0 Å². The Morgan fingerprint density at radius 2 is 1.42 bits per heavy atom. The molecule has 26 heavy (non-hydrogen) atoms. The van der Waals surface area contributed by atoms with E-state index in [4.69, 9.17) is 27.9 Å². The van der Waals surface area contributed by atoms with Gasteiger partial charge in [0.2, 0.25) is 0 Å². The normalized spacial score (nSPS) is 10.8. The Morgan fingerprint density at radius 3 is 1.96 bits per heavy atom. The zero-order valence-electron chi connectivity index (χ0n) is 14.2. The summed E-state index contributed by atoms with van der Waals surface area (Å²) in [4.78, 5) is 21.1. The topological polar surface area (TPSA) is 52.1 Å². The van der Waals surface area contributed by atoms with Gasteiger partial charge in [-0.15, -0.1) is 0 Å². The fourth-order valence-corrected chi connectivity index (χ4v) is 2.88. The van der Waals surface area contributed by atoms with Gasteiger partial charge in [-0.25, -0.2) is 9.97 Å². The highest BCUT2D eigenvalue weighted by Crippen LogP contribution is 2.28. The van der Waals surface area contributed by atoms with Crippen molar-refractivity contribution >= 4 is 29.0 Å². The number of rotatable bonds is 5. The van der Waals surface area contributed by atoms with Gasteiger partial charge in [0.15, 0.2) is 5.78 Å². The molecule has 1 heterocycles. The Bertz CT molecular complexity index is 903. The van der Waals surface area contributed by atoms with E-state index in [2.05, 4.69) is 9.97 Å². The van der Waals surface area contributed by atoms with E-state index in [9.17, 15) is 4.79 Å². The molecule has 0 bridgehead atoms. The molecule has 0 aliphatic carbocycles. The van der Waals surface area contributed by atoms with E-state index in [0.29, 0.717) is 17.1 Å². The van der Waals surface area contributed by atoms with Gasteiger partial charge >= 0.3 is 0 Å². The molecule has 132 valence electrons. The summed E-state index contributed by atoms with van der Waals surface area (Å²) >= 11 is 12.4. The molecule has 2 aromatic carbocycles. The van der Waals surface area contributed by atoms with Crippen molar-refractivity contribution < 1.29 is 9.53 Å². The van der Waals surface area contributed by atoms with E-state index in [1.807, 2.05) is 44.2 Å². The molecule has 1 aromatic heterocycles. The first-order chi connectivity index (χ1) is 12.5. The van der Waals surface area contributed by atoms with Crippen molar-refractivity contribution in [1.29, 1.82) is 0 Å². The molecule has 0 unspecified atom stereocenters. The van der Waals surface area contributed by atoms with E-state index in [0.717, 1.165) is 5.75 Å². The van der Waals surface area contributed by atoms with Crippen molar-refractivity contribution in [1.82, 2.24) is 9.97 Å². The number of carbonyl (C=O) groups excluding carboxylic acids is 1. The van der Waals surface area contributed by atoms with Crippen LogP contribution in [0.3, 0.4) is 0 Å². The minimum absolute atomic E-state index is 0.0586. The molecule has 0 spiro atoms. The maximum atomic E-state index is 12.7. The Hall–Kier alpha value is -2.43. The van der Waals surface area contributed by atoms with Crippen LogP contribution in [-0.4, -0.2) is 15.8 Å². The molecule has 0 amide bonds. The zero-order chi connectivity index (χ0) is 18.7. The lowest BCUT2D eigenvalue weighted by Gasteiger charge is -2.10. The van der Waals surface area contributed by atoms with Crippen LogP contribution in [0, 0.1) is 0 Å². The molecular weight excluding hydrogens is 371 g/mol. The van der Waals surface area contributed by atoms with Crippen molar-refractivity contribution in [3.05, 3.63) is 81.9 Å². The van der Waals surface area contributed by atoms with Gasteiger partial charge in [-0.05, 0) is 36.4 Å². The molecular formula is C20H16Cl2N2O2. The number of nitrogens with zero attached hydrogens (tertiary/aromatic N) is 2. The van der Waals surface area contributed by atoms with Gasteiger partial charge in [-0.3, -0.25) is 4.79 Å². The van der Waals surface area contributed by atoms with Crippen LogP contribution in [0.1, 0.15) is 41.5 Å². The molecule has 6 heteroatoms. The molecule has 0 radical (unpaired) electrons. The van der Waals surface area contributed by atoms with Gasteiger partial charge in [0, 0.05) is 11.5 Å². The number of carbonyl (C=O) groups is 1. The van der Waals surface area contributed by atoms with E-state index < -0.39 is 0 Å². The minimum atomic E-state index is -0.332. The zero-order valence-corrected chi connectivity index (χ0v) is 15.8. The van der Waals surface area contributed by atoms with Crippen LogP contribution in [0.25, 0.3) is 0 Å². The van der Waals surface area contributed by atoms with Gasteiger partial charge in [-0.2, -0.15) is 0 Å². The summed E-state index contributed by atoms with van der Waals surface area (Å²) in [5, 5.41) is 0.117. The van der Waals surface area contributed by atoms with Gasteiger partial charge in [0.25, 0.3) is 0 Å². The first kappa shape index (κ1) is 18.4. The molecule has 0 atom stereocenters. The largest absolute Gasteiger partial charge is 0.457 e. The highest BCUT2D eigenvalue weighted by Gasteiger charge is 2.21. The van der Waals surface area contributed by atoms with Gasteiger partial charge < -0.3 is 4.74 Å². The molecule has 0 aliphatic rings. The van der Waals surface area contributed by atoms with Crippen LogP contribution in [0.5, 0.6) is 11.5 Å². The number of ketones is 1. The van der Waals surface area contributed by atoms with Crippen LogP contribution in [0.2, 0.25) is 10.3 Å².